The SMILES string of the molecule is Cc1ccccc1C(=O)c1ccccc1S. The Hall–Kier alpha value is -1.54. The lowest BCUT2D eigenvalue weighted by molar-refractivity contribution is 0.103. The highest BCUT2D eigenvalue weighted by Crippen LogP contribution is 2.19. The fourth-order valence-electron chi connectivity index (χ4n) is 1.64. The van der Waals surface area contributed by atoms with Gasteiger partial charge in [-0.1, -0.05) is 36.4 Å². The number of carbonyl (C=O) groups is 1. The molecule has 0 aliphatic rings. The maximum absolute atomic E-state index is 12.2. The number of hydrogen-bond acceptors (Lipinski definition) is 2. The van der Waals surface area contributed by atoms with Crippen molar-refractivity contribution in [1.29, 1.82) is 0 Å². The highest BCUT2D eigenvalue weighted by molar-refractivity contribution is 7.80. The predicted octanol–water partition coefficient (Wildman–Crippen LogP) is 3.51. The summed E-state index contributed by atoms with van der Waals surface area (Å²) in [5, 5.41) is 0. The fraction of sp³-hybridized carbons (Fsp3) is 0.0714. The van der Waals surface area contributed by atoms with E-state index in [-0.39, 0.29) is 5.78 Å². The maximum Gasteiger partial charge on any atom is 0.194 e. The van der Waals surface area contributed by atoms with Crippen LogP contribution in [0.15, 0.2) is 53.4 Å². The van der Waals surface area contributed by atoms with Gasteiger partial charge in [-0.05, 0) is 24.6 Å². The Labute approximate surface area is 101 Å². The molecule has 0 saturated carbocycles. The van der Waals surface area contributed by atoms with Crippen LogP contribution in [0.3, 0.4) is 0 Å². The van der Waals surface area contributed by atoms with E-state index < -0.39 is 0 Å². The van der Waals surface area contributed by atoms with Gasteiger partial charge in [0.25, 0.3) is 0 Å². The lowest BCUT2D eigenvalue weighted by Crippen LogP contribution is -2.04. The van der Waals surface area contributed by atoms with Gasteiger partial charge in [-0.3, -0.25) is 4.79 Å². The molecular weight excluding hydrogens is 216 g/mol. The van der Waals surface area contributed by atoms with E-state index in [2.05, 4.69) is 12.6 Å². The molecule has 0 fully saturated rings. The molecule has 0 bridgehead atoms. The summed E-state index contributed by atoms with van der Waals surface area (Å²) in [7, 11) is 0. The van der Waals surface area contributed by atoms with Crippen molar-refractivity contribution in [2.24, 2.45) is 0 Å². The zero-order valence-electron chi connectivity index (χ0n) is 8.97. The molecule has 0 radical (unpaired) electrons. The zero-order chi connectivity index (χ0) is 11.5. The Morgan fingerprint density at radius 2 is 1.50 bits per heavy atom. The molecule has 0 N–H and O–H groups in total. The predicted molar refractivity (Wildman–Crippen MR) is 68.3 cm³/mol. The minimum Gasteiger partial charge on any atom is -0.289 e. The van der Waals surface area contributed by atoms with Gasteiger partial charge in [-0.15, -0.1) is 12.6 Å². The third-order valence-corrected chi connectivity index (χ3v) is 2.93. The van der Waals surface area contributed by atoms with Crippen molar-refractivity contribution in [3.63, 3.8) is 0 Å². The lowest BCUT2D eigenvalue weighted by atomic mass is 9.99. The van der Waals surface area contributed by atoms with Gasteiger partial charge in [0.1, 0.15) is 0 Å². The number of ketones is 1. The number of rotatable bonds is 2. The molecule has 0 spiro atoms. The Balaban J connectivity index is 2.48. The molecule has 2 heteroatoms. The Kier molecular flexibility index (Phi) is 3.11. The van der Waals surface area contributed by atoms with Gasteiger partial charge in [0.2, 0.25) is 0 Å². The minimum atomic E-state index is 0.0312. The average molecular weight is 228 g/mol. The second-order valence-electron chi connectivity index (χ2n) is 3.66. The second-order valence-corrected chi connectivity index (χ2v) is 4.14. The summed E-state index contributed by atoms with van der Waals surface area (Å²) in [6.45, 7) is 1.94. The Morgan fingerprint density at radius 1 is 0.938 bits per heavy atom. The molecule has 0 aliphatic carbocycles. The van der Waals surface area contributed by atoms with Crippen LogP contribution in [0.5, 0.6) is 0 Å². The first-order valence-corrected chi connectivity index (χ1v) is 5.53. The topological polar surface area (TPSA) is 17.1 Å². The summed E-state index contributed by atoms with van der Waals surface area (Å²) in [6, 6.07) is 14.9. The summed E-state index contributed by atoms with van der Waals surface area (Å²) >= 11 is 4.30. The van der Waals surface area contributed by atoms with Gasteiger partial charge < -0.3 is 0 Å². The monoisotopic (exact) mass is 228 g/mol. The van der Waals surface area contributed by atoms with Gasteiger partial charge in [-0.25, -0.2) is 0 Å². The molecule has 2 aromatic carbocycles. The summed E-state index contributed by atoms with van der Waals surface area (Å²) in [5.41, 5.74) is 2.38. The van der Waals surface area contributed by atoms with Crippen LogP contribution < -0.4 is 0 Å². The first-order valence-electron chi connectivity index (χ1n) is 5.08. The minimum absolute atomic E-state index is 0.0312. The fourth-order valence-corrected chi connectivity index (χ4v) is 1.90. The standard InChI is InChI=1S/C14H12OS/c1-10-6-2-3-7-11(10)14(15)12-8-4-5-9-13(12)16/h2-9,16H,1H3. The smallest absolute Gasteiger partial charge is 0.194 e. The van der Waals surface area contributed by atoms with Crippen molar-refractivity contribution >= 4 is 18.4 Å². The first kappa shape index (κ1) is 11.0. The van der Waals surface area contributed by atoms with Gasteiger partial charge in [-0.2, -0.15) is 0 Å². The van der Waals surface area contributed by atoms with Crippen LogP contribution in [-0.2, 0) is 0 Å². The average Bonchev–Trinajstić information content (AvgIpc) is 2.29. The van der Waals surface area contributed by atoms with Crippen molar-refractivity contribution in [2.45, 2.75) is 11.8 Å². The van der Waals surface area contributed by atoms with Crippen LogP contribution in [0.25, 0.3) is 0 Å². The molecule has 2 aromatic rings. The van der Waals surface area contributed by atoms with Crippen LogP contribution in [0.4, 0.5) is 0 Å². The number of hydrogen-bond donors (Lipinski definition) is 1. The second kappa shape index (κ2) is 4.54. The summed E-state index contributed by atoms with van der Waals surface area (Å²) in [4.78, 5) is 13.0. The first-order chi connectivity index (χ1) is 7.70. The quantitative estimate of drug-likeness (QED) is 0.615. The molecule has 0 amide bonds. The van der Waals surface area contributed by atoms with Crippen molar-refractivity contribution in [3.05, 3.63) is 65.2 Å². The Morgan fingerprint density at radius 3 is 2.12 bits per heavy atom. The van der Waals surface area contributed by atoms with Crippen LogP contribution >= 0.6 is 12.6 Å². The van der Waals surface area contributed by atoms with E-state index in [1.807, 2.05) is 49.4 Å². The van der Waals surface area contributed by atoms with Crippen molar-refractivity contribution < 1.29 is 4.79 Å². The number of aryl methyl sites for hydroxylation is 1. The van der Waals surface area contributed by atoms with Crippen molar-refractivity contribution in [1.82, 2.24) is 0 Å². The summed E-state index contributed by atoms with van der Waals surface area (Å²) < 4.78 is 0. The van der Waals surface area contributed by atoms with Crippen molar-refractivity contribution in [2.75, 3.05) is 0 Å². The Bertz CT molecular complexity index is 484. The number of thiol groups is 1. The van der Waals surface area contributed by atoms with Gasteiger partial charge in [0.15, 0.2) is 5.78 Å². The molecule has 0 saturated heterocycles. The number of benzene rings is 2. The molecule has 0 aromatic heterocycles. The normalized spacial score (nSPS) is 10.1. The van der Waals surface area contributed by atoms with E-state index in [1.165, 1.54) is 0 Å². The van der Waals surface area contributed by atoms with Gasteiger partial charge in [0.05, 0.1) is 0 Å². The van der Waals surface area contributed by atoms with Crippen LogP contribution in [0, 0.1) is 6.92 Å². The van der Waals surface area contributed by atoms with E-state index in [0.717, 1.165) is 16.0 Å². The van der Waals surface area contributed by atoms with Crippen LogP contribution in [-0.4, -0.2) is 5.78 Å². The van der Waals surface area contributed by atoms with Crippen molar-refractivity contribution in [3.8, 4) is 0 Å². The molecule has 1 nitrogen and oxygen atoms in total. The van der Waals surface area contributed by atoms with Crippen LogP contribution in [0.2, 0.25) is 0 Å². The van der Waals surface area contributed by atoms with E-state index >= 15 is 0 Å². The summed E-state index contributed by atoms with van der Waals surface area (Å²) in [6.07, 6.45) is 0. The molecule has 0 atom stereocenters. The highest BCUT2D eigenvalue weighted by Gasteiger charge is 2.12. The molecule has 80 valence electrons. The van der Waals surface area contributed by atoms with E-state index in [0.29, 0.717) is 5.56 Å². The molecule has 0 aliphatic heterocycles. The largest absolute Gasteiger partial charge is 0.289 e. The molecule has 2 rings (SSSR count). The van der Waals surface area contributed by atoms with E-state index in [1.54, 1.807) is 6.07 Å². The maximum atomic E-state index is 12.2. The number of carbonyl (C=O) groups excluding carboxylic acids is 1. The third-order valence-electron chi connectivity index (χ3n) is 2.54. The van der Waals surface area contributed by atoms with Crippen LogP contribution in [0.1, 0.15) is 21.5 Å². The zero-order valence-corrected chi connectivity index (χ0v) is 9.87. The molecule has 0 heterocycles. The van der Waals surface area contributed by atoms with Gasteiger partial charge >= 0.3 is 0 Å². The summed E-state index contributed by atoms with van der Waals surface area (Å²) in [5.74, 6) is 0.0312. The molecule has 16 heavy (non-hydrogen) atoms. The van der Waals surface area contributed by atoms with E-state index in [9.17, 15) is 4.79 Å². The highest BCUT2D eigenvalue weighted by atomic mass is 32.1. The van der Waals surface area contributed by atoms with E-state index in [4.69, 9.17) is 0 Å². The molecular formula is C14H12OS. The van der Waals surface area contributed by atoms with Gasteiger partial charge in [0, 0.05) is 16.0 Å². The lowest BCUT2D eigenvalue weighted by Gasteiger charge is -2.06. The third kappa shape index (κ3) is 2.02. The molecule has 0 unspecified atom stereocenters.